The van der Waals surface area contributed by atoms with Crippen molar-refractivity contribution in [3.8, 4) is 17.6 Å². The van der Waals surface area contributed by atoms with Gasteiger partial charge in [-0.1, -0.05) is 0 Å². The second kappa shape index (κ2) is 9.25. The summed E-state index contributed by atoms with van der Waals surface area (Å²) in [7, 11) is 3.12. The summed E-state index contributed by atoms with van der Waals surface area (Å²) in [6.07, 6.45) is 3.21. The molecule has 1 amide bonds. The highest BCUT2D eigenvalue weighted by Crippen LogP contribution is 2.35. The Hall–Kier alpha value is -3.63. The summed E-state index contributed by atoms with van der Waals surface area (Å²) >= 11 is 1.29. The average molecular weight is 452 g/mol. The molecule has 4 aromatic rings. The van der Waals surface area contributed by atoms with Crippen LogP contribution in [0.5, 0.6) is 17.6 Å². The number of anilines is 1. The van der Waals surface area contributed by atoms with Crippen LogP contribution in [0.4, 0.5) is 5.69 Å². The van der Waals surface area contributed by atoms with Gasteiger partial charge >= 0.3 is 6.01 Å². The molecule has 0 aliphatic rings. The fourth-order valence-corrected chi connectivity index (χ4v) is 4.25. The van der Waals surface area contributed by atoms with E-state index in [1.807, 2.05) is 19.9 Å². The van der Waals surface area contributed by atoms with Crippen molar-refractivity contribution >= 4 is 33.1 Å². The van der Waals surface area contributed by atoms with Crippen molar-refractivity contribution in [2.75, 3.05) is 19.5 Å². The summed E-state index contributed by atoms with van der Waals surface area (Å²) in [5, 5.41) is 3.70. The van der Waals surface area contributed by atoms with Crippen LogP contribution < -0.4 is 14.8 Å². The van der Waals surface area contributed by atoms with Crippen molar-refractivity contribution in [3.05, 3.63) is 58.5 Å². The van der Waals surface area contributed by atoms with Crippen LogP contribution in [0.25, 0.3) is 10.2 Å². The maximum Gasteiger partial charge on any atom is 0.321 e. The number of hydrogen-bond donors (Lipinski definition) is 1. The molecule has 0 aliphatic carbocycles. The highest BCUT2D eigenvalue weighted by molar-refractivity contribution is 7.20. The number of nitrogens with zero attached hydrogens (tertiary/aromatic N) is 4. The molecule has 0 unspecified atom stereocenters. The zero-order chi connectivity index (χ0) is 22.7. The highest BCUT2D eigenvalue weighted by atomic mass is 32.1. The van der Waals surface area contributed by atoms with E-state index >= 15 is 0 Å². The molecule has 0 saturated heterocycles. The minimum Gasteiger partial charge on any atom is -0.480 e. The monoisotopic (exact) mass is 451 g/mol. The first-order chi connectivity index (χ1) is 15.5. The molecule has 1 N–H and O–H groups in total. The predicted molar refractivity (Wildman–Crippen MR) is 121 cm³/mol. The third-order valence-electron chi connectivity index (χ3n) is 4.67. The maximum atomic E-state index is 13.1. The third-order valence-corrected chi connectivity index (χ3v) is 5.86. The highest BCUT2D eigenvalue weighted by Gasteiger charge is 2.21. The number of methoxy groups -OCH3 is 2. The second-order valence-electron chi connectivity index (χ2n) is 6.88. The number of rotatable bonds is 7. The van der Waals surface area contributed by atoms with Crippen LogP contribution in [0.3, 0.4) is 0 Å². The summed E-state index contributed by atoms with van der Waals surface area (Å²) in [5.74, 6) is 1.27. The Labute approximate surface area is 188 Å². The maximum absolute atomic E-state index is 13.1. The van der Waals surface area contributed by atoms with Gasteiger partial charge in [0.05, 0.1) is 17.4 Å². The minimum absolute atomic E-state index is 0.232. The smallest absolute Gasteiger partial charge is 0.321 e. The van der Waals surface area contributed by atoms with Crippen molar-refractivity contribution in [1.29, 1.82) is 0 Å². The first-order valence-electron chi connectivity index (χ1n) is 9.70. The molecule has 0 spiro atoms. The van der Waals surface area contributed by atoms with E-state index in [1.54, 1.807) is 44.8 Å². The standard InChI is InChI=1S/C22H21N5O4S/c1-12-10-14(31-22-23-8-5-9-24-22)6-7-15(12)25-19(28)18-13(2)17-20(30-4)26-16(11-29-3)27-21(17)32-18/h5-10H,11H2,1-4H3,(H,25,28). The van der Waals surface area contributed by atoms with E-state index in [0.717, 1.165) is 16.5 Å². The molecule has 3 aromatic heterocycles. The number of amides is 1. The lowest BCUT2D eigenvalue weighted by Gasteiger charge is -2.10. The molecule has 164 valence electrons. The number of aromatic nitrogens is 4. The van der Waals surface area contributed by atoms with Crippen LogP contribution in [0.2, 0.25) is 0 Å². The fourth-order valence-electron chi connectivity index (χ4n) is 3.16. The summed E-state index contributed by atoms with van der Waals surface area (Å²) in [6, 6.07) is 7.32. The molecular formula is C22H21N5O4S. The van der Waals surface area contributed by atoms with Gasteiger partial charge in [-0.3, -0.25) is 4.79 Å². The lowest BCUT2D eigenvalue weighted by molar-refractivity contribution is 0.103. The Bertz CT molecular complexity index is 1280. The number of aryl methyl sites for hydroxylation is 2. The molecule has 0 bridgehead atoms. The van der Waals surface area contributed by atoms with Gasteiger partial charge in [0.1, 0.15) is 17.2 Å². The molecule has 0 aliphatic heterocycles. The molecule has 0 saturated carbocycles. The molecule has 0 atom stereocenters. The van der Waals surface area contributed by atoms with Crippen LogP contribution in [-0.4, -0.2) is 40.1 Å². The second-order valence-corrected chi connectivity index (χ2v) is 7.88. The van der Waals surface area contributed by atoms with Crippen molar-refractivity contribution in [2.45, 2.75) is 20.5 Å². The number of nitrogens with one attached hydrogen (secondary N) is 1. The normalized spacial score (nSPS) is 10.9. The first kappa shape index (κ1) is 21.6. The number of carbonyl (C=O) groups is 1. The fraction of sp³-hybridized carbons (Fsp3) is 0.227. The Morgan fingerprint density at radius 2 is 1.91 bits per heavy atom. The van der Waals surface area contributed by atoms with Gasteiger partial charge in [-0.15, -0.1) is 11.3 Å². The Morgan fingerprint density at radius 1 is 1.12 bits per heavy atom. The Kier molecular flexibility index (Phi) is 6.24. The molecule has 3 heterocycles. The van der Waals surface area contributed by atoms with E-state index < -0.39 is 0 Å². The topological polar surface area (TPSA) is 108 Å². The van der Waals surface area contributed by atoms with Gasteiger partial charge in [-0.05, 0) is 49.2 Å². The van der Waals surface area contributed by atoms with Gasteiger partial charge in [-0.2, -0.15) is 4.98 Å². The van der Waals surface area contributed by atoms with E-state index in [-0.39, 0.29) is 18.5 Å². The zero-order valence-electron chi connectivity index (χ0n) is 18.0. The Morgan fingerprint density at radius 3 is 2.59 bits per heavy atom. The molecule has 1 aromatic carbocycles. The lowest BCUT2D eigenvalue weighted by atomic mass is 10.1. The van der Waals surface area contributed by atoms with Crippen LogP contribution in [0.15, 0.2) is 36.7 Å². The van der Waals surface area contributed by atoms with E-state index in [1.165, 1.54) is 11.3 Å². The molecule has 32 heavy (non-hydrogen) atoms. The zero-order valence-corrected chi connectivity index (χ0v) is 18.8. The number of benzene rings is 1. The van der Waals surface area contributed by atoms with Gasteiger partial charge in [-0.25, -0.2) is 15.0 Å². The molecular weight excluding hydrogens is 430 g/mol. The third kappa shape index (κ3) is 4.36. The van der Waals surface area contributed by atoms with Gasteiger partial charge in [0, 0.05) is 25.2 Å². The van der Waals surface area contributed by atoms with Gasteiger partial charge in [0.25, 0.3) is 5.91 Å². The molecule has 4 rings (SSSR count). The van der Waals surface area contributed by atoms with E-state index in [4.69, 9.17) is 14.2 Å². The Balaban J connectivity index is 1.59. The summed E-state index contributed by atoms with van der Waals surface area (Å²) in [5.41, 5.74) is 2.28. The molecule has 0 radical (unpaired) electrons. The number of thiophene rings is 1. The van der Waals surface area contributed by atoms with Crippen LogP contribution in [0.1, 0.15) is 26.6 Å². The van der Waals surface area contributed by atoms with Crippen molar-refractivity contribution < 1.29 is 19.0 Å². The van der Waals surface area contributed by atoms with Gasteiger partial charge < -0.3 is 19.5 Å². The summed E-state index contributed by atoms with van der Waals surface area (Å²) < 4.78 is 16.2. The number of hydrogen-bond acceptors (Lipinski definition) is 9. The number of carbonyl (C=O) groups excluding carboxylic acids is 1. The summed E-state index contributed by atoms with van der Waals surface area (Å²) in [4.78, 5) is 31.3. The van der Waals surface area contributed by atoms with Crippen LogP contribution in [-0.2, 0) is 11.3 Å². The SMILES string of the molecule is COCc1nc(OC)c2c(C)c(C(=O)Nc3ccc(Oc4ncccn4)cc3C)sc2n1. The first-order valence-corrected chi connectivity index (χ1v) is 10.5. The summed E-state index contributed by atoms with van der Waals surface area (Å²) in [6.45, 7) is 4.00. The van der Waals surface area contributed by atoms with E-state index in [0.29, 0.717) is 32.8 Å². The number of fused-ring (bicyclic) bond motifs is 1. The largest absolute Gasteiger partial charge is 0.480 e. The van der Waals surface area contributed by atoms with Crippen molar-refractivity contribution in [2.24, 2.45) is 0 Å². The molecule has 10 heteroatoms. The van der Waals surface area contributed by atoms with Gasteiger partial charge in [0.15, 0.2) is 5.82 Å². The lowest BCUT2D eigenvalue weighted by Crippen LogP contribution is -2.12. The van der Waals surface area contributed by atoms with Crippen LogP contribution >= 0.6 is 11.3 Å². The van der Waals surface area contributed by atoms with Crippen molar-refractivity contribution in [3.63, 3.8) is 0 Å². The van der Waals surface area contributed by atoms with Crippen molar-refractivity contribution in [1.82, 2.24) is 19.9 Å². The van der Waals surface area contributed by atoms with E-state index in [2.05, 4.69) is 25.3 Å². The van der Waals surface area contributed by atoms with Gasteiger partial charge in [0.2, 0.25) is 5.88 Å². The predicted octanol–water partition coefficient (Wildman–Crippen LogP) is 4.30. The quantitative estimate of drug-likeness (QED) is 0.443. The molecule has 9 nitrogen and oxygen atoms in total. The minimum atomic E-state index is -0.232. The molecule has 0 fully saturated rings. The van der Waals surface area contributed by atoms with E-state index in [9.17, 15) is 4.79 Å². The van der Waals surface area contributed by atoms with Crippen LogP contribution in [0, 0.1) is 13.8 Å². The number of ether oxygens (including phenoxy) is 3. The average Bonchev–Trinajstić information content (AvgIpc) is 3.12.